The van der Waals surface area contributed by atoms with Crippen LogP contribution in [0.1, 0.15) is 47.0 Å². The summed E-state index contributed by atoms with van der Waals surface area (Å²) in [6, 6.07) is 0. The molecule has 0 aromatic rings. The number of hydrogen-bond donors (Lipinski definition) is 1. The van der Waals surface area contributed by atoms with Gasteiger partial charge < -0.3 is 10.5 Å². The minimum Gasteiger partial charge on any atom is -0.393 e. The highest BCUT2D eigenvalue weighted by Gasteiger charge is 2.20. The number of thiocarbonyl (C=S) groups is 1. The van der Waals surface area contributed by atoms with Crippen LogP contribution in [0.4, 0.5) is 0 Å². The number of rotatable bonds is 8. The van der Waals surface area contributed by atoms with Crippen LogP contribution in [0, 0.1) is 11.3 Å². The lowest BCUT2D eigenvalue weighted by Crippen LogP contribution is -2.31. The van der Waals surface area contributed by atoms with E-state index in [0.29, 0.717) is 10.9 Å². The van der Waals surface area contributed by atoms with Gasteiger partial charge in [0.15, 0.2) is 0 Å². The number of hydrogen-bond acceptors (Lipinski definition) is 2. The van der Waals surface area contributed by atoms with Crippen LogP contribution < -0.4 is 5.73 Å². The molecule has 2 nitrogen and oxygen atoms in total. The first kappa shape index (κ1) is 14.8. The first-order valence-corrected chi connectivity index (χ1v) is 6.18. The molecule has 0 aromatic heterocycles. The molecule has 0 aliphatic rings. The van der Waals surface area contributed by atoms with E-state index < -0.39 is 0 Å². The van der Waals surface area contributed by atoms with Crippen LogP contribution in [0.15, 0.2) is 0 Å². The molecule has 2 N–H and O–H groups in total. The lowest BCUT2D eigenvalue weighted by atomic mass is 9.90. The van der Waals surface area contributed by atoms with Crippen molar-refractivity contribution in [3.05, 3.63) is 0 Å². The SMILES string of the molecule is CCCC(C)COCCC(C)(C)C(N)=S. The first-order chi connectivity index (χ1) is 6.90. The summed E-state index contributed by atoms with van der Waals surface area (Å²) in [6.45, 7) is 10.1. The van der Waals surface area contributed by atoms with E-state index in [2.05, 4.69) is 27.7 Å². The zero-order chi connectivity index (χ0) is 11.9. The third kappa shape index (κ3) is 6.85. The molecular formula is C12H25NOS. The molecule has 0 aromatic carbocycles. The highest BCUT2D eigenvalue weighted by molar-refractivity contribution is 7.80. The van der Waals surface area contributed by atoms with E-state index in [1.807, 2.05) is 0 Å². The largest absolute Gasteiger partial charge is 0.393 e. The molecular weight excluding hydrogens is 206 g/mol. The Labute approximate surface area is 99.6 Å². The van der Waals surface area contributed by atoms with Crippen molar-refractivity contribution in [3.63, 3.8) is 0 Å². The Morgan fingerprint density at radius 3 is 2.53 bits per heavy atom. The van der Waals surface area contributed by atoms with Crippen molar-refractivity contribution in [1.29, 1.82) is 0 Å². The zero-order valence-corrected chi connectivity index (χ0v) is 11.3. The molecule has 0 aliphatic carbocycles. The highest BCUT2D eigenvalue weighted by Crippen LogP contribution is 2.20. The Hall–Kier alpha value is -0.150. The van der Waals surface area contributed by atoms with Gasteiger partial charge in [-0.2, -0.15) is 0 Å². The summed E-state index contributed by atoms with van der Waals surface area (Å²) in [4.78, 5) is 0.577. The topological polar surface area (TPSA) is 35.2 Å². The van der Waals surface area contributed by atoms with E-state index in [0.717, 1.165) is 19.6 Å². The molecule has 0 aliphatic heterocycles. The van der Waals surface area contributed by atoms with Crippen molar-refractivity contribution in [2.45, 2.75) is 47.0 Å². The Morgan fingerprint density at radius 2 is 2.07 bits per heavy atom. The molecule has 0 spiro atoms. The van der Waals surface area contributed by atoms with Gasteiger partial charge >= 0.3 is 0 Å². The molecule has 0 heterocycles. The monoisotopic (exact) mass is 231 g/mol. The van der Waals surface area contributed by atoms with Gasteiger partial charge in [-0.15, -0.1) is 0 Å². The van der Waals surface area contributed by atoms with Crippen LogP contribution >= 0.6 is 12.2 Å². The van der Waals surface area contributed by atoms with Gasteiger partial charge in [0, 0.05) is 18.6 Å². The van der Waals surface area contributed by atoms with Gasteiger partial charge in [0.05, 0.1) is 4.99 Å². The quantitative estimate of drug-likeness (QED) is 0.515. The molecule has 0 saturated heterocycles. The summed E-state index contributed by atoms with van der Waals surface area (Å²) in [5, 5.41) is 0. The lowest BCUT2D eigenvalue weighted by molar-refractivity contribution is 0.0882. The molecule has 1 atom stereocenters. The van der Waals surface area contributed by atoms with Crippen molar-refractivity contribution >= 4 is 17.2 Å². The van der Waals surface area contributed by atoms with Crippen molar-refractivity contribution in [1.82, 2.24) is 0 Å². The number of ether oxygens (including phenoxy) is 1. The molecule has 0 bridgehead atoms. The van der Waals surface area contributed by atoms with Gasteiger partial charge in [-0.3, -0.25) is 0 Å². The maximum Gasteiger partial charge on any atom is 0.0785 e. The molecule has 0 fully saturated rings. The summed E-state index contributed by atoms with van der Waals surface area (Å²) in [7, 11) is 0. The van der Waals surface area contributed by atoms with Gasteiger partial charge in [-0.25, -0.2) is 0 Å². The van der Waals surface area contributed by atoms with Gasteiger partial charge in [0.2, 0.25) is 0 Å². The lowest BCUT2D eigenvalue weighted by Gasteiger charge is -2.23. The zero-order valence-electron chi connectivity index (χ0n) is 10.5. The Kier molecular flexibility index (Phi) is 7.11. The molecule has 0 amide bonds. The Morgan fingerprint density at radius 1 is 1.47 bits per heavy atom. The fourth-order valence-electron chi connectivity index (χ4n) is 1.31. The van der Waals surface area contributed by atoms with E-state index in [-0.39, 0.29) is 5.41 Å². The van der Waals surface area contributed by atoms with E-state index in [4.69, 9.17) is 22.7 Å². The third-order valence-electron chi connectivity index (χ3n) is 2.72. The third-order valence-corrected chi connectivity index (χ3v) is 3.27. The average Bonchev–Trinajstić information content (AvgIpc) is 2.13. The fraction of sp³-hybridized carbons (Fsp3) is 0.917. The van der Waals surface area contributed by atoms with Crippen LogP contribution in [0.2, 0.25) is 0 Å². The summed E-state index contributed by atoms with van der Waals surface area (Å²) in [5.41, 5.74) is 5.56. The molecule has 1 unspecified atom stereocenters. The minimum atomic E-state index is -0.0800. The minimum absolute atomic E-state index is 0.0800. The van der Waals surface area contributed by atoms with E-state index in [1.165, 1.54) is 12.8 Å². The van der Waals surface area contributed by atoms with Crippen LogP contribution in [-0.4, -0.2) is 18.2 Å². The average molecular weight is 231 g/mol. The predicted octanol–water partition coefficient (Wildman–Crippen LogP) is 3.14. The van der Waals surface area contributed by atoms with Crippen molar-refractivity contribution in [2.75, 3.05) is 13.2 Å². The molecule has 0 rings (SSSR count). The smallest absolute Gasteiger partial charge is 0.0785 e. The van der Waals surface area contributed by atoms with Gasteiger partial charge in [0.1, 0.15) is 0 Å². The maximum atomic E-state index is 5.64. The first-order valence-electron chi connectivity index (χ1n) is 5.77. The van der Waals surface area contributed by atoms with Gasteiger partial charge in [-0.05, 0) is 18.8 Å². The summed E-state index contributed by atoms with van der Waals surface area (Å²) >= 11 is 5.00. The second kappa shape index (κ2) is 7.18. The summed E-state index contributed by atoms with van der Waals surface area (Å²) in [5.74, 6) is 0.656. The van der Waals surface area contributed by atoms with Crippen LogP contribution in [0.25, 0.3) is 0 Å². The molecule has 90 valence electrons. The van der Waals surface area contributed by atoms with Crippen LogP contribution in [-0.2, 0) is 4.74 Å². The van der Waals surface area contributed by atoms with Gasteiger partial charge in [0.25, 0.3) is 0 Å². The van der Waals surface area contributed by atoms with Crippen LogP contribution in [0.5, 0.6) is 0 Å². The second-order valence-electron chi connectivity index (χ2n) is 4.97. The Bertz CT molecular complexity index is 192. The van der Waals surface area contributed by atoms with E-state index in [9.17, 15) is 0 Å². The van der Waals surface area contributed by atoms with Crippen molar-refractivity contribution in [3.8, 4) is 0 Å². The second-order valence-corrected chi connectivity index (χ2v) is 5.41. The van der Waals surface area contributed by atoms with Crippen molar-refractivity contribution < 1.29 is 4.74 Å². The predicted molar refractivity (Wildman–Crippen MR) is 70.1 cm³/mol. The van der Waals surface area contributed by atoms with E-state index >= 15 is 0 Å². The maximum absolute atomic E-state index is 5.64. The normalized spacial score (nSPS) is 13.9. The summed E-state index contributed by atoms with van der Waals surface area (Å²) in [6.07, 6.45) is 3.36. The van der Waals surface area contributed by atoms with Crippen molar-refractivity contribution in [2.24, 2.45) is 17.1 Å². The molecule has 15 heavy (non-hydrogen) atoms. The number of nitrogens with two attached hydrogens (primary N) is 1. The van der Waals surface area contributed by atoms with Gasteiger partial charge in [-0.1, -0.05) is 46.3 Å². The summed E-state index contributed by atoms with van der Waals surface area (Å²) < 4.78 is 5.62. The molecule has 3 heteroatoms. The Balaban J connectivity index is 3.58. The molecule has 0 radical (unpaired) electrons. The highest BCUT2D eigenvalue weighted by atomic mass is 32.1. The van der Waals surface area contributed by atoms with Crippen LogP contribution in [0.3, 0.4) is 0 Å². The molecule has 0 saturated carbocycles. The fourth-order valence-corrected chi connectivity index (χ4v) is 1.41. The standard InChI is InChI=1S/C12H25NOS/c1-5-6-10(2)9-14-8-7-12(3,4)11(13)15/h10H,5-9H2,1-4H3,(H2,13,15). The van der Waals surface area contributed by atoms with E-state index in [1.54, 1.807) is 0 Å².